The number of hydrogen-bond donors (Lipinski definition) is 2. The van der Waals surface area contributed by atoms with Gasteiger partial charge in [0.05, 0.1) is 17.1 Å². The highest BCUT2D eigenvalue weighted by molar-refractivity contribution is 7.98. The second kappa shape index (κ2) is 6.41. The van der Waals surface area contributed by atoms with E-state index in [1.807, 2.05) is 18.4 Å². The Morgan fingerprint density at radius 2 is 1.79 bits per heavy atom. The molecular weight excluding hydrogens is 369 g/mol. The second-order valence-electron chi connectivity index (χ2n) is 5.42. The number of aliphatic hydroxyl groups is 1. The highest BCUT2D eigenvalue weighted by atomic mass is 35.5. The van der Waals surface area contributed by atoms with Crippen LogP contribution in [0, 0.1) is 0 Å². The van der Waals surface area contributed by atoms with Crippen LogP contribution in [-0.2, 0) is 10.4 Å². The predicted octanol–water partition coefficient (Wildman–Crippen LogP) is 4.13. The van der Waals surface area contributed by atoms with Gasteiger partial charge in [0.15, 0.2) is 11.4 Å². The fourth-order valence-corrected chi connectivity index (χ4v) is 3.62. The van der Waals surface area contributed by atoms with Crippen molar-refractivity contribution in [2.45, 2.75) is 16.9 Å². The van der Waals surface area contributed by atoms with Crippen LogP contribution in [0.15, 0.2) is 41.3 Å². The van der Waals surface area contributed by atoms with Gasteiger partial charge in [0.1, 0.15) is 0 Å². The Balaban J connectivity index is 1.96. The lowest BCUT2D eigenvalue weighted by atomic mass is 9.88. The second-order valence-corrected chi connectivity index (χ2v) is 7.12. The number of amides is 1. The molecule has 2 aromatic rings. The van der Waals surface area contributed by atoms with Gasteiger partial charge in [-0.2, -0.15) is 0 Å². The van der Waals surface area contributed by atoms with Gasteiger partial charge in [-0.05, 0) is 30.5 Å². The minimum atomic E-state index is -2.04. The average Bonchev–Trinajstić information content (AvgIpc) is 2.83. The molecule has 0 saturated heterocycles. The van der Waals surface area contributed by atoms with Crippen LogP contribution in [0.1, 0.15) is 22.3 Å². The summed E-state index contributed by atoms with van der Waals surface area (Å²) in [6.07, 6.45) is 1.52. The maximum Gasteiger partial charge on any atom is 0.261 e. The number of hydrogen-bond acceptors (Lipinski definition) is 4. The molecule has 7 heteroatoms. The van der Waals surface area contributed by atoms with Gasteiger partial charge >= 0.3 is 0 Å². The van der Waals surface area contributed by atoms with E-state index in [4.69, 9.17) is 23.2 Å². The number of fused-ring (bicyclic) bond motifs is 1. The molecule has 0 spiro atoms. The minimum Gasteiger partial charge on any atom is -0.375 e. The zero-order valence-corrected chi connectivity index (χ0v) is 14.9. The maximum absolute atomic E-state index is 12.5. The largest absolute Gasteiger partial charge is 0.375 e. The Morgan fingerprint density at radius 1 is 1.17 bits per heavy atom. The Labute approximate surface area is 153 Å². The van der Waals surface area contributed by atoms with Crippen LogP contribution in [0.4, 0.5) is 5.69 Å². The van der Waals surface area contributed by atoms with Gasteiger partial charge in [-0.15, -0.1) is 11.8 Å². The van der Waals surface area contributed by atoms with Crippen molar-refractivity contribution in [2.24, 2.45) is 0 Å². The zero-order chi connectivity index (χ0) is 17.5. The van der Waals surface area contributed by atoms with Crippen molar-refractivity contribution < 1.29 is 14.7 Å². The number of anilines is 1. The van der Waals surface area contributed by atoms with E-state index in [9.17, 15) is 14.7 Å². The van der Waals surface area contributed by atoms with Crippen molar-refractivity contribution in [1.82, 2.24) is 0 Å². The molecule has 3 rings (SSSR count). The average molecular weight is 382 g/mol. The quantitative estimate of drug-likeness (QED) is 0.617. The third-order valence-corrected chi connectivity index (χ3v) is 5.33. The SMILES string of the molecule is CSc1ccc(C(=O)CC2(O)C(=O)Nc3c(Cl)ccc(Cl)c32)cc1. The molecule has 0 aromatic heterocycles. The number of benzene rings is 2. The van der Waals surface area contributed by atoms with Crippen molar-refractivity contribution in [1.29, 1.82) is 0 Å². The Kier molecular flexibility index (Phi) is 4.62. The van der Waals surface area contributed by atoms with Crippen molar-refractivity contribution in [3.8, 4) is 0 Å². The Hall–Kier alpha value is -1.53. The normalized spacial score (nSPS) is 19.1. The van der Waals surface area contributed by atoms with E-state index in [2.05, 4.69) is 5.32 Å². The third-order valence-electron chi connectivity index (χ3n) is 3.96. The van der Waals surface area contributed by atoms with Crippen LogP contribution in [0.25, 0.3) is 0 Å². The molecule has 0 fully saturated rings. The topological polar surface area (TPSA) is 66.4 Å². The first-order valence-corrected chi connectivity index (χ1v) is 9.04. The first-order chi connectivity index (χ1) is 11.4. The van der Waals surface area contributed by atoms with E-state index >= 15 is 0 Å². The van der Waals surface area contributed by atoms with Gasteiger partial charge in [0.25, 0.3) is 5.91 Å². The van der Waals surface area contributed by atoms with E-state index in [0.717, 1.165) is 4.90 Å². The van der Waals surface area contributed by atoms with Crippen LogP contribution >= 0.6 is 35.0 Å². The summed E-state index contributed by atoms with van der Waals surface area (Å²) in [4.78, 5) is 25.8. The number of Topliss-reactive ketones (excluding diaryl/α,β-unsaturated/α-hetero) is 1. The highest BCUT2D eigenvalue weighted by Gasteiger charge is 2.49. The molecule has 0 aliphatic carbocycles. The molecule has 1 amide bonds. The van der Waals surface area contributed by atoms with E-state index in [-0.39, 0.29) is 27.1 Å². The molecule has 124 valence electrons. The van der Waals surface area contributed by atoms with Crippen LogP contribution < -0.4 is 5.32 Å². The Bertz CT molecular complexity index is 838. The fraction of sp³-hybridized carbons (Fsp3) is 0.176. The summed E-state index contributed by atoms with van der Waals surface area (Å²) in [6, 6.07) is 9.99. The van der Waals surface area contributed by atoms with Gasteiger partial charge in [-0.25, -0.2) is 0 Å². The number of nitrogens with one attached hydrogen (secondary N) is 1. The van der Waals surface area contributed by atoms with Gasteiger partial charge in [-0.3, -0.25) is 9.59 Å². The van der Waals surface area contributed by atoms with Crippen molar-refractivity contribution in [3.05, 3.63) is 57.6 Å². The number of carbonyl (C=O) groups is 2. The summed E-state index contributed by atoms with van der Waals surface area (Å²) in [7, 11) is 0. The monoisotopic (exact) mass is 381 g/mol. The fourth-order valence-electron chi connectivity index (χ4n) is 2.69. The summed E-state index contributed by atoms with van der Waals surface area (Å²) >= 11 is 13.7. The zero-order valence-electron chi connectivity index (χ0n) is 12.6. The molecule has 0 radical (unpaired) electrons. The molecule has 1 aliphatic heterocycles. The van der Waals surface area contributed by atoms with Crippen molar-refractivity contribution in [2.75, 3.05) is 11.6 Å². The number of thioether (sulfide) groups is 1. The predicted molar refractivity (Wildman–Crippen MR) is 96.2 cm³/mol. The summed E-state index contributed by atoms with van der Waals surface area (Å²) in [5.41, 5.74) is -1.22. The summed E-state index contributed by atoms with van der Waals surface area (Å²) < 4.78 is 0. The lowest BCUT2D eigenvalue weighted by Crippen LogP contribution is -2.36. The highest BCUT2D eigenvalue weighted by Crippen LogP contribution is 2.46. The van der Waals surface area contributed by atoms with Gasteiger partial charge in [0, 0.05) is 21.0 Å². The minimum absolute atomic E-state index is 0.149. The van der Waals surface area contributed by atoms with Gasteiger partial charge in [0.2, 0.25) is 0 Å². The standard InChI is InChI=1S/C17H13Cl2NO3S/c1-24-10-4-2-9(3-5-10)13(21)8-17(23)14-11(18)6-7-12(19)15(14)20-16(17)22/h2-7,23H,8H2,1H3,(H,20,22). The molecule has 1 unspecified atom stereocenters. The van der Waals surface area contributed by atoms with E-state index in [0.29, 0.717) is 5.56 Å². The molecule has 1 heterocycles. The summed E-state index contributed by atoms with van der Waals surface area (Å²) in [6.45, 7) is 0. The van der Waals surface area contributed by atoms with Crippen molar-refractivity contribution >= 4 is 52.3 Å². The molecule has 4 nitrogen and oxygen atoms in total. The molecule has 1 aliphatic rings. The number of ketones is 1. The smallest absolute Gasteiger partial charge is 0.261 e. The van der Waals surface area contributed by atoms with E-state index < -0.39 is 17.9 Å². The van der Waals surface area contributed by atoms with Crippen LogP contribution in [0.3, 0.4) is 0 Å². The van der Waals surface area contributed by atoms with E-state index in [1.54, 1.807) is 23.9 Å². The Morgan fingerprint density at radius 3 is 2.42 bits per heavy atom. The van der Waals surface area contributed by atoms with Gasteiger partial charge in [-0.1, -0.05) is 35.3 Å². The van der Waals surface area contributed by atoms with Crippen molar-refractivity contribution in [3.63, 3.8) is 0 Å². The molecule has 1 atom stereocenters. The molecule has 2 N–H and O–H groups in total. The van der Waals surface area contributed by atoms with Crippen LogP contribution in [0.2, 0.25) is 10.0 Å². The lowest BCUT2D eigenvalue weighted by molar-refractivity contribution is -0.133. The summed E-state index contributed by atoms with van der Waals surface area (Å²) in [5, 5.41) is 13.8. The maximum atomic E-state index is 12.5. The molecule has 0 bridgehead atoms. The lowest BCUT2D eigenvalue weighted by Gasteiger charge is -2.21. The molecule has 0 saturated carbocycles. The van der Waals surface area contributed by atoms with Crippen LogP contribution in [0.5, 0.6) is 0 Å². The number of rotatable bonds is 4. The first kappa shape index (κ1) is 17.3. The van der Waals surface area contributed by atoms with Crippen LogP contribution in [-0.4, -0.2) is 23.1 Å². The third kappa shape index (κ3) is 2.82. The summed E-state index contributed by atoms with van der Waals surface area (Å²) in [5.74, 6) is -1.06. The number of halogens is 2. The molecule has 2 aromatic carbocycles. The van der Waals surface area contributed by atoms with Gasteiger partial charge < -0.3 is 10.4 Å². The number of carbonyl (C=O) groups excluding carboxylic acids is 2. The van der Waals surface area contributed by atoms with E-state index in [1.165, 1.54) is 12.1 Å². The molecule has 24 heavy (non-hydrogen) atoms. The molecular formula is C17H13Cl2NO3S. The first-order valence-electron chi connectivity index (χ1n) is 7.06.